The second kappa shape index (κ2) is 6.13. The van der Waals surface area contributed by atoms with Gasteiger partial charge in [-0.15, -0.1) is 11.3 Å². The van der Waals surface area contributed by atoms with Crippen LogP contribution in [-0.4, -0.2) is 69.0 Å². The molecule has 1 aliphatic heterocycles. The largest absolute Gasteiger partial charge is 0.392 e. The summed E-state index contributed by atoms with van der Waals surface area (Å²) in [4.78, 5) is 21.8. The molecule has 1 atom stereocenters. The van der Waals surface area contributed by atoms with Crippen LogP contribution in [0.5, 0.6) is 0 Å². The Morgan fingerprint density at radius 1 is 1.43 bits per heavy atom. The van der Waals surface area contributed by atoms with Gasteiger partial charge >= 0.3 is 0 Å². The zero-order valence-electron chi connectivity index (χ0n) is 12.1. The van der Waals surface area contributed by atoms with Gasteiger partial charge in [-0.2, -0.15) is 0 Å². The molecule has 3 rings (SSSR count). The number of fused-ring (bicyclic) bond motifs is 1. The maximum atomic E-state index is 12.3. The SMILES string of the molecule is C[C@H](O)CN1CCN(C(=O)Cc2cn3ccsc3n2)CC1. The molecule has 1 aliphatic rings. The second-order valence-electron chi connectivity index (χ2n) is 5.53. The molecule has 0 spiro atoms. The molecule has 0 aliphatic carbocycles. The van der Waals surface area contributed by atoms with E-state index in [4.69, 9.17) is 0 Å². The van der Waals surface area contributed by atoms with Crippen molar-refractivity contribution in [1.82, 2.24) is 19.2 Å². The molecule has 0 aromatic carbocycles. The smallest absolute Gasteiger partial charge is 0.228 e. The number of aliphatic hydroxyl groups is 1. The summed E-state index contributed by atoms with van der Waals surface area (Å²) in [5, 5.41) is 11.4. The lowest BCUT2D eigenvalue weighted by atomic mass is 10.2. The van der Waals surface area contributed by atoms with Crippen LogP contribution in [0, 0.1) is 0 Å². The van der Waals surface area contributed by atoms with Crippen LogP contribution in [0.1, 0.15) is 12.6 Å². The van der Waals surface area contributed by atoms with Crippen LogP contribution in [0.2, 0.25) is 0 Å². The number of carbonyl (C=O) groups is 1. The fraction of sp³-hybridized carbons (Fsp3) is 0.571. The van der Waals surface area contributed by atoms with Crippen molar-refractivity contribution in [3.63, 3.8) is 0 Å². The van der Waals surface area contributed by atoms with Gasteiger partial charge in [-0.25, -0.2) is 4.98 Å². The first kappa shape index (κ1) is 14.5. The minimum Gasteiger partial charge on any atom is -0.392 e. The third-order valence-electron chi connectivity index (χ3n) is 3.72. The van der Waals surface area contributed by atoms with Crippen molar-refractivity contribution in [2.24, 2.45) is 0 Å². The number of imidazole rings is 1. The van der Waals surface area contributed by atoms with E-state index in [1.165, 1.54) is 0 Å². The van der Waals surface area contributed by atoms with E-state index in [0.29, 0.717) is 13.0 Å². The van der Waals surface area contributed by atoms with Gasteiger partial charge in [0, 0.05) is 50.5 Å². The predicted molar refractivity (Wildman–Crippen MR) is 81.5 cm³/mol. The number of aromatic nitrogens is 2. The summed E-state index contributed by atoms with van der Waals surface area (Å²) >= 11 is 1.57. The van der Waals surface area contributed by atoms with Gasteiger partial charge in [0.15, 0.2) is 4.96 Å². The number of β-amino-alcohol motifs (C(OH)–C–C–N with tert-alkyl or cyclic N) is 1. The summed E-state index contributed by atoms with van der Waals surface area (Å²) in [6.07, 6.45) is 3.93. The molecule has 114 valence electrons. The van der Waals surface area contributed by atoms with Crippen LogP contribution >= 0.6 is 11.3 Å². The van der Waals surface area contributed by atoms with Crippen molar-refractivity contribution < 1.29 is 9.90 Å². The highest BCUT2D eigenvalue weighted by Gasteiger charge is 2.22. The molecule has 7 heteroatoms. The average Bonchev–Trinajstić information content (AvgIpc) is 2.99. The van der Waals surface area contributed by atoms with Crippen LogP contribution in [0.3, 0.4) is 0 Å². The van der Waals surface area contributed by atoms with Crippen molar-refractivity contribution in [2.75, 3.05) is 32.7 Å². The van der Waals surface area contributed by atoms with E-state index < -0.39 is 0 Å². The average molecular weight is 308 g/mol. The molecule has 2 aromatic rings. The topological polar surface area (TPSA) is 61.1 Å². The Bertz CT molecular complexity index is 585. The number of nitrogens with zero attached hydrogens (tertiary/aromatic N) is 4. The Balaban J connectivity index is 1.53. The van der Waals surface area contributed by atoms with E-state index in [1.54, 1.807) is 18.3 Å². The van der Waals surface area contributed by atoms with Crippen molar-refractivity contribution in [3.05, 3.63) is 23.5 Å². The fourth-order valence-corrected chi connectivity index (χ4v) is 3.40. The maximum absolute atomic E-state index is 12.3. The lowest BCUT2D eigenvalue weighted by Gasteiger charge is -2.35. The van der Waals surface area contributed by atoms with Crippen molar-refractivity contribution in [3.8, 4) is 0 Å². The molecule has 1 fully saturated rings. The molecule has 2 aromatic heterocycles. The summed E-state index contributed by atoms with van der Waals surface area (Å²) in [6, 6.07) is 0. The van der Waals surface area contributed by atoms with Crippen molar-refractivity contribution in [1.29, 1.82) is 0 Å². The number of hydrogen-bond acceptors (Lipinski definition) is 5. The molecule has 3 heterocycles. The zero-order chi connectivity index (χ0) is 14.8. The standard InChI is InChI=1S/C14H20N4O2S/c1-11(19)9-16-2-4-17(5-3-16)13(20)8-12-10-18-6-7-21-14(18)15-12/h6-7,10-11,19H,2-5,8-9H2,1H3/t11-/m0/s1. The Hall–Kier alpha value is -1.44. The second-order valence-corrected chi connectivity index (χ2v) is 6.41. The summed E-state index contributed by atoms with van der Waals surface area (Å²) in [5.74, 6) is 0.137. The maximum Gasteiger partial charge on any atom is 0.228 e. The number of amides is 1. The van der Waals surface area contributed by atoms with Crippen LogP contribution in [0.15, 0.2) is 17.8 Å². The number of aliphatic hydroxyl groups excluding tert-OH is 1. The van der Waals surface area contributed by atoms with Crippen LogP contribution in [0.25, 0.3) is 4.96 Å². The molecule has 0 bridgehead atoms. The lowest BCUT2D eigenvalue weighted by Crippen LogP contribution is -2.50. The van der Waals surface area contributed by atoms with E-state index in [2.05, 4.69) is 9.88 Å². The van der Waals surface area contributed by atoms with Gasteiger partial charge in [0.2, 0.25) is 5.91 Å². The molecule has 6 nitrogen and oxygen atoms in total. The van der Waals surface area contributed by atoms with Gasteiger partial charge in [0.05, 0.1) is 18.2 Å². The molecule has 0 unspecified atom stereocenters. The quantitative estimate of drug-likeness (QED) is 0.891. The molecular weight excluding hydrogens is 288 g/mol. The molecule has 1 saturated heterocycles. The minimum absolute atomic E-state index is 0.137. The molecule has 1 N–H and O–H groups in total. The van der Waals surface area contributed by atoms with Gasteiger partial charge in [0.1, 0.15) is 0 Å². The Morgan fingerprint density at radius 3 is 2.86 bits per heavy atom. The van der Waals surface area contributed by atoms with Crippen molar-refractivity contribution in [2.45, 2.75) is 19.4 Å². The van der Waals surface area contributed by atoms with Crippen LogP contribution in [-0.2, 0) is 11.2 Å². The first-order valence-corrected chi connectivity index (χ1v) is 8.09. The lowest BCUT2D eigenvalue weighted by molar-refractivity contribution is -0.132. The van der Waals surface area contributed by atoms with E-state index in [1.807, 2.05) is 27.1 Å². The van der Waals surface area contributed by atoms with Gasteiger partial charge in [-0.3, -0.25) is 14.1 Å². The summed E-state index contributed by atoms with van der Waals surface area (Å²) in [5.41, 5.74) is 0.832. The molecule has 21 heavy (non-hydrogen) atoms. The van der Waals surface area contributed by atoms with Crippen molar-refractivity contribution >= 4 is 22.2 Å². The predicted octanol–water partition coefficient (Wildman–Crippen LogP) is 0.463. The van der Waals surface area contributed by atoms with Crippen LogP contribution in [0.4, 0.5) is 0 Å². The number of thiazole rings is 1. The monoisotopic (exact) mass is 308 g/mol. The summed E-state index contributed by atoms with van der Waals surface area (Å²) in [6.45, 7) is 5.59. The highest BCUT2D eigenvalue weighted by atomic mass is 32.1. The first-order chi connectivity index (χ1) is 10.1. The third-order valence-corrected chi connectivity index (χ3v) is 4.49. The van der Waals surface area contributed by atoms with E-state index >= 15 is 0 Å². The normalized spacial score (nSPS) is 18.3. The first-order valence-electron chi connectivity index (χ1n) is 7.21. The highest BCUT2D eigenvalue weighted by molar-refractivity contribution is 7.15. The Kier molecular flexibility index (Phi) is 4.23. The summed E-state index contributed by atoms with van der Waals surface area (Å²) < 4.78 is 1.95. The highest BCUT2D eigenvalue weighted by Crippen LogP contribution is 2.13. The fourth-order valence-electron chi connectivity index (χ4n) is 2.68. The molecule has 0 saturated carbocycles. The van der Waals surface area contributed by atoms with Gasteiger partial charge in [-0.05, 0) is 6.92 Å². The van der Waals surface area contributed by atoms with E-state index in [9.17, 15) is 9.90 Å². The van der Waals surface area contributed by atoms with E-state index in [-0.39, 0.29) is 12.0 Å². The molecule has 1 amide bonds. The number of carbonyl (C=O) groups excluding carboxylic acids is 1. The summed E-state index contributed by atoms with van der Waals surface area (Å²) in [7, 11) is 0. The van der Waals surface area contributed by atoms with Gasteiger partial charge < -0.3 is 10.0 Å². The third kappa shape index (κ3) is 3.42. The van der Waals surface area contributed by atoms with Gasteiger partial charge in [0.25, 0.3) is 0 Å². The zero-order valence-corrected chi connectivity index (χ0v) is 12.9. The minimum atomic E-state index is -0.314. The number of rotatable bonds is 4. The van der Waals surface area contributed by atoms with E-state index in [0.717, 1.165) is 36.8 Å². The molecule has 0 radical (unpaired) electrons. The van der Waals surface area contributed by atoms with Crippen LogP contribution < -0.4 is 0 Å². The Labute approximate surface area is 127 Å². The van der Waals surface area contributed by atoms with Gasteiger partial charge in [-0.1, -0.05) is 0 Å². The number of piperazine rings is 1. The number of hydrogen-bond donors (Lipinski definition) is 1. The molecular formula is C14H20N4O2S. The Morgan fingerprint density at radius 2 is 2.19 bits per heavy atom.